The summed E-state index contributed by atoms with van der Waals surface area (Å²) in [6, 6.07) is 13.4. The van der Waals surface area contributed by atoms with E-state index in [-0.39, 0.29) is 11.3 Å². The summed E-state index contributed by atoms with van der Waals surface area (Å²) in [6.07, 6.45) is -7.03. The number of hydrogen-bond donors (Lipinski definition) is 4. The van der Waals surface area contributed by atoms with Crippen LogP contribution in [0.1, 0.15) is 0 Å². The van der Waals surface area contributed by atoms with Crippen LogP contribution in [0, 0.1) is 0 Å². The third-order valence-corrected chi connectivity index (χ3v) is 5.22. The molecule has 2 heterocycles. The molecule has 1 saturated heterocycles. The van der Waals surface area contributed by atoms with E-state index in [1.54, 1.807) is 31.4 Å². The van der Waals surface area contributed by atoms with Crippen LogP contribution in [0.25, 0.3) is 22.1 Å². The normalized spacial score (nSPS) is 26.0. The van der Waals surface area contributed by atoms with Gasteiger partial charge in [0.2, 0.25) is 6.29 Å². The van der Waals surface area contributed by atoms with Crippen molar-refractivity contribution in [1.29, 1.82) is 0 Å². The van der Waals surface area contributed by atoms with Crippen molar-refractivity contribution in [2.75, 3.05) is 13.7 Å². The highest BCUT2D eigenvalue weighted by atomic mass is 16.7. The maximum atomic E-state index is 12.1. The van der Waals surface area contributed by atoms with Gasteiger partial charge in [-0.05, 0) is 35.4 Å². The summed E-state index contributed by atoms with van der Waals surface area (Å²) in [7, 11) is 1.57. The molecule has 0 saturated carbocycles. The Balaban J connectivity index is 1.66. The first kappa shape index (κ1) is 21.3. The molecule has 1 fully saturated rings. The Labute approximate surface area is 176 Å². The number of hydrogen-bond acceptors (Lipinski definition) is 9. The zero-order valence-electron chi connectivity index (χ0n) is 16.5. The van der Waals surface area contributed by atoms with E-state index in [0.717, 1.165) is 5.56 Å². The van der Waals surface area contributed by atoms with Crippen molar-refractivity contribution < 1.29 is 39.1 Å². The summed E-state index contributed by atoms with van der Waals surface area (Å²) in [6.45, 7) is -0.567. The predicted octanol–water partition coefficient (Wildman–Crippen LogP) is 0.647. The van der Waals surface area contributed by atoms with Crippen LogP contribution in [-0.4, -0.2) is 64.8 Å². The van der Waals surface area contributed by atoms with Crippen molar-refractivity contribution in [3.8, 4) is 22.6 Å². The number of aliphatic hydroxyl groups is 4. The van der Waals surface area contributed by atoms with Crippen molar-refractivity contribution >= 4 is 11.0 Å². The molecule has 5 atom stereocenters. The first-order chi connectivity index (χ1) is 14.9. The van der Waals surface area contributed by atoms with E-state index in [1.807, 2.05) is 12.1 Å². The highest BCUT2D eigenvalue weighted by molar-refractivity contribution is 5.93. The first-order valence-corrected chi connectivity index (χ1v) is 9.61. The first-order valence-electron chi connectivity index (χ1n) is 9.61. The molecule has 0 bridgehead atoms. The number of aliphatic hydroxyl groups excluding tert-OH is 4. The van der Waals surface area contributed by atoms with E-state index in [9.17, 15) is 25.2 Å². The Morgan fingerprint density at radius 2 is 1.65 bits per heavy atom. The van der Waals surface area contributed by atoms with E-state index < -0.39 is 42.9 Å². The SMILES string of the molecule is COc1ccc(-c2cc(=O)oc3cc(OC4OC(CO)C(O)C(O)C4O)ccc23)cc1. The number of benzene rings is 2. The lowest BCUT2D eigenvalue weighted by molar-refractivity contribution is -0.277. The number of methoxy groups -OCH3 is 1. The maximum absolute atomic E-state index is 12.1. The van der Waals surface area contributed by atoms with Gasteiger partial charge in [0.1, 0.15) is 41.5 Å². The van der Waals surface area contributed by atoms with Crippen LogP contribution in [0.5, 0.6) is 11.5 Å². The monoisotopic (exact) mass is 430 g/mol. The smallest absolute Gasteiger partial charge is 0.336 e. The molecule has 2 aromatic carbocycles. The van der Waals surface area contributed by atoms with Gasteiger partial charge < -0.3 is 39.1 Å². The zero-order chi connectivity index (χ0) is 22.1. The summed E-state index contributed by atoms with van der Waals surface area (Å²) in [5, 5.41) is 39.9. The van der Waals surface area contributed by atoms with Crippen LogP contribution in [0.2, 0.25) is 0 Å². The average molecular weight is 430 g/mol. The van der Waals surface area contributed by atoms with Crippen LogP contribution >= 0.6 is 0 Å². The van der Waals surface area contributed by atoms with Crippen LogP contribution < -0.4 is 15.1 Å². The van der Waals surface area contributed by atoms with E-state index >= 15 is 0 Å². The number of rotatable bonds is 5. The Kier molecular flexibility index (Phi) is 5.94. The quantitative estimate of drug-likeness (QED) is 0.430. The molecule has 0 amide bonds. The lowest BCUT2D eigenvalue weighted by Crippen LogP contribution is -2.60. The minimum absolute atomic E-state index is 0.201. The summed E-state index contributed by atoms with van der Waals surface area (Å²) < 4.78 is 21.4. The van der Waals surface area contributed by atoms with Crippen LogP contribution in [-0.2, 0) is 4.74 Å². The van der Waals surface area contributed by atoms with Gasteiger partial charge in [-0.2, -0.15) is 0 Å². The van der Waals surface area contributed by atoms with Gasteiger partial charge in [0.15, 0.2) is 0 Å². The topological polar surface area (TPSA) is 139 Å². The van der Waals surface area contributed by atoms with Gasteiger partial charge in [0, 0.05) is 17.5 Å². The van der Waals surface area contributed by atoms with Gasteiger partial charge in [-0.15, -0.1) is 0 Å². The summed E-state index contributed by atoms with van der Waals surface area (Å²) in [5.74, 6) is 0.887. The molecule has 5 unspecified atom stereocenters. The third-order valence-electron chi connectivity index (χ3n) is 5.22. The molecule has 9 nitrogen and oxygen atoms in total. The fourth-order valence-electron chi connectivity index (χ4n) is 3.52. The van der Waals surface area contributed by atoms with E-state index in [1.165, 1.54) is 12.1 Å². The van der Waals surface area contributed by atoms with Crippen molar-refractivity contribution in [1.82, 2.24) is 0 Å². The highest BCUT2D eigenvalue weighted by Crippen LogP contribution is 2.32. The molecule has 3 aromatic rings. The Morgan fingerprint density at radius 1 is 0.935 bits per heavy atom. The Bertz CT molecular complexity index is 1110. The minimum atomic E-state index is -1.56. The van der Waals surface area contributed by atoms with Gasteiger partial charge in [-0.3, -0.25) is 0 Å². The second kappa shape index (κ2) is 8.66. The molecule has 1 aliphatic heterocycles. The fourth-order valence-corrected chi connectivity index (χ4v) is 3.52. The van der Waals surface area contributed by atoms with Gasteiger partial charge in [0.25, 0.3) is 0 Å². The third kappa shape index (κ3) is 4.14. The Morgan fingerprint density at radius 3 is 2.32 bits per heavy atom. The Hall–Kier alpha value is -2.95. The highest BCUT2D eigenvalue weighted by Gasteiger charge is 2.44. The van der Waals surface area contributed by atoms with Crippen molar-refractivity contribution in [3.63, 3.8) is 0 Å². The number of ether oxygens (including phenoxy) is 3. The predicted molar refractivity (Wildman–Crippen MR) is 109 cm³/mol. The number of fused-ring (bicyclic) bond motifs is 1. The largest absolute Gasteiger partial charge is 0.497 e. The molecule has 9 heteroatoms. The fraction of sp³-hybridized carbons (Fsp3) is 0.318. The molecule has 0 spiro atoms. The molecule has 0 radical (unpaired) electrons. The molecule has 164 valence electrons. The van der Waals surface area contributed by atoms with E-state index in [2.05, 4.69) is 0 Å². The van der Waals surface area contributed by atoms with Gasteiger partial charge >= 0.3 is 5.63 Å². The zero-order valence-corrected chi connectivity index (χ0v) is 16.5. The minimum Gasteiger partial charge on any atom is -0.497 e. The molecule has 4 rings (SSSR count). The van der Waals surface area contributed by atoms with Crippen molar-refractivity contribution in [3.05, 3.63) is 59.0 Å². The van der Waals surface area contributed by atoms with E-state index in [0.29, 0.717) is 16.7 Å². The molecule has 31 heavy (non-hydrogen) atoms. The van der Waals surface area contributed by atoms with Gasteiger partial charge in [-0.1, -0.05) is 12.1 Å². The molecular weight excluding hydrogens is 408 g/mol. The lowest BCUT2D eigenvalue weighted by Gasteiger charge is -2.39. The molecule has 0 aliphatic carbocycles. The standard InChI is InChI=1S/C22H22O9/c1-28-12-4-2-11(3-5-12)15-9-18(24)30-16-8-13(6-7-14(15)16)29-22-21(27)20(26)19(25)17(10-23)31-22/h2-9,17,19-23,25-27H,10H2,1H3. The molecule has 1 aromatic heterocycles. The van der Waals surface area contributed by atoms with Gasteiger partial charge in [-0.25, -0.2) is 4.79 Å². The molecular formula is C22H22O9. The van der Waals surface area contributed by atoms with Gasteiger partial charge in [0.05, 0.1) is 13.7 Å². The molecule has 4 N–H and O–H groups in total. The van der Waals surface area contributed by atoms with Crippen molar-refractivity contribution in [2.24, 2.45) is 0 Å². The maximum Gasteiger partial charge on any atom is 0.336 e. The summed E-state index contributed by atoms with van der Waals surface area (Å²) in [5.41, 5.74) is 1.15. The summed E-state index contributed by atoms with van der Waals surface area (Å²) in [4.78, 5) is 12.1. The van der Waals surface area contributed by atoms with E-state index in [4.69, 9.17) is 18.6 Å². The second-order valence-electron chi connectivity index (χ2n) is 7.18. The second-order valence-corrected chi connectivity index (χ2v) is 7.18. The average Bonchev–Trinajstić information content (AvgIpc) is 2.78. The van der Waals surface area contributed by atoms with Crippen LogP contribution in [0.3, 0.4) is 0 Å². The van der Waals surface area contributed by atoms with Crippen molar-refractivity contribution in [2.45, 2.75) is 30.7 Å². The van der Waals surface area contributed by atoms with Crippen LogP contribution in [0.4, 0.5) is 0 Å². The lowest BCUT2D eigenvalue weighted by atomic mass is 9.99. The molecule has 1 aliphatic rings. The van der Waals surface area contributed by atoms with Crippen LogP contribution in [0.15, 0.2) is 57.7 Å². The summed E-state index contributed by atoms with van der Waals surface area (Å²) >= 11 is 0.